The molecular formula is C20H23N5O2. The van der Waals surface area contributed by atoms with E-state index < -0.39 is 0 Å². The van der Waals surface area contributed by atoms with Crippen molar-refractivity contribution < 1.29 is 9.53 Å². The second-order valence-corrected chi connectivity index (χ2v) is 6.71. The molecule has 0 bridgehead atoms. The van der Waals surface area contributed by atoms with Crippen molar-refractivity contribution in [1.82, 2.24) is 25.2 Å². The van der Waals surface area contributed by atoms with Gasteiger partial charge in [0.2, 0.25) is 5.91 Å². The van der Waals surface area contributed by atoms with Crippen molar-refractivity contribution in [1.29, 1.82) is 0 Å². The number of imidazole rings is 1. The molecule has 1 fully saturated rings. The number of aryl methyl sites for hydroxylation is 1. The lowest BCUT2D eigenvalue weighted by atomic mass is 10.1. The molecule has 1 unspecified atom stereocenters. The third-order valence-electron chi connectivity index (χ3n) is 4.85. The second-order valence-electron chi connectivity index (χ2n) is 6.71. The number of pyridine rings is 1. The van der Waals surface area contributed by atoms with Gasteiger partial charge in [-0.05, 0) is 30.2 Å². The molecule has 7 heteroatoms. The number of carbonyl (C=O) groups is 1. The van der Waals surface area contributed by atoms with Gasteiger partial charge in [-0.15, -0.1) is 0 Å². The fourth-order valence-corrected chi connectivity index (χ4v) is 3.48. The first-order valence-electron chi connectivity index (χ1n) is 9.16. The molecule has 1 amide bonds. The number of carbonyl (C=O) groups excluding carboxylic acids is 1. The van der Waals surface area contributed by atoms with E-state index in [4.69, 9.17) is 4.74 Å². The molecule has 3 aromatic rings. The molecule has 140 valence electrons. The topological polar surface area (TPSA) is 83.1 Å². The number of morpholine rings is 1. The Morgan fingerprint density at radius 3 is 2.89 bits per heavy atom. The molecule has 2 aromatic heterocycles. The number of fused-ring (bicyclic) bond motifs is 1. The number of ether oxygens (including phenoxy) is 1. The first-order chi connectivity index (χ1) is 13.2. The van der Waals surface area contributed by atoms with Crippen LogP contribution in [-0.2, 0) is 16.1 Å². The van der Waals surface area contributed by atoms with Crippen LogP contribution in [0.15, 0.2) is 42.7 Å². The van der Waals surface area contributed by atoms with Crippen LogP contribution < -0.4 is 5.32 Å². The number of hydrogen-bond acceptors (Lipinski definition) is 5. The Balaban J connectivity index is 1.51. The molecule has 27 heavy (non-hydrogen) atoms. The van der Waals surface area contributed by atoms with Crippen LogP contribution in [0.2, 0.25) is 0 Å². The van der Waals surface area contributed by atoms with Crippen molar-refractivity contribution >= 4 is 16.9 Å². The number of rotatable bonds is 5. The van der Waals surface area contributed by atoms with E-state index in [1.54, 1.807) is 12.4 Å². The summed E-state index contributed by atoms with van der Waals surface area (Å²) in [5, 5.41) is 3.03. The predicted molar refractivity (Wildman–Crippen MR) is 102 cm³/mol. The van der Waals surface area contributed by atoms with E-state index >= 15 is 0 Å². The van der Waals surface area contributed by atoms with Gasteiger partial charge in [-0.1, -0.05) is 18.2 Å². The summed E-state index contributed by atoms with van der Waals surface area (Å²) >= 11 is 0. The third kappa shape index (κ3) is 3.84. The molecular weight excluding hydrogens is 342 g/mol. The minimum Gasteiger partial charge on any atom is -0.379 e. The average molecular weight is 365 g/mol. The lowest BCUT2D eigenvalue weighted by Gasteiger charge is -2.33. The van der Waals surface area contributed by atoms with Gasteiger partial charge in [-0.25, -0.2) is 4.98 Å². The Morgan fingerprint density at radius 2 is 2.15 bits per heavy atom. The van der Waals surface area contributed by atoms with Gasteiger partial charge in [0, 0.05) is 25.5 Å². The summed E-state index contributed by atoms with van der Waals surface area (Å²) < 4.78 is 5.44. The summed E-state index contributed by atoms with van der Waals surface area (Å²) in [5.74, 6) is 0.696. The SMILES string of the molecule is Cc1cccc2[nH]c(CNC(=O)C(c3cccnc3)N3CCOCC3)nc12. The number of aromatic amines is 1. The van der Waals surface area contributed by atoms with Crippen molar-refractivity contribution in [2.24, 2.45) is 0 Å². The maximum absolute atomic E-state index is 13.0. The lowest BCUT2D eigenvalue weighted by Crippen LogP contribution is -2.45. The van der Waals surface area contributed by atoms with Crippen LogP contribution in [0.5, 0.6) is 0 Å². The zero-order valence-electron chi connectivity index (χ0n) is 15.3. The molecule has 0 spiro atoms. The highest BCUT2D eigenvalue weighted by molar-refractivity contribution is 5.83. The molecule has 7 nitrogen and oxygen atoms in total. The van der Waals surface area contributed by atoms with E-state index in [9.17, 15) is 4.79 Å². The number of amides is 1. The minimum atomic E-state index is -0.381. The van der Waals surface area contributed by atoms with Gasteiger partial charge in [-0.2, -0.15) is 0 Å². The van der Waals surface area contributed by atoms with Crippen molar-refractivity contribution in [2.75, 3.05) is 26.3 Å². The predicted octanol–water partition coefficient (Wildman–Crippen LogP) is 1.96. The minimum absolute atomic E-state index is 0.0536. The first-order valence-corrected chi connectivity index (χ1v) is 9.16. The number of H-pyrrole nitrogens is 1. The molecule has 1 aromatic carbocycles. The number of nitrogens with zero attached hydrogens (tertiary/aromatic N) is 3. The van der Waals surface area contributed by atoms with Gasteiger partial charge in [0.1, 0.15) is 11.9 Å². The number of nitrogens with one attached hydrogen (secondary N) is 2. The third-order valence-corrected chi connectivity index (χ3v) is 4.85. The van der Waals surface area contributed by atoms with Crippen molar-refractivity contribution in [2.45, 2.75) is 19.5 Å². The van der Waals surface area contributed by atoms with Crippen molar-refractivity contribution in [3.05, 3.63) is 59.7 Å². The van der Waals surface area contributed by atoms with Crippen LogP contribution in [0.3, 0.4) is 0 Å². The monoisotopic (exact) mass is 365 g/mol. The number of benzene rings is 1. The van der Waals surface area contributed by atoms with Gasteiger partial charge in [0.05, 0.1) is 30.8 Å². The van der Waals surface area contributed by atoms with Gasteiger partial charge < -0.3 is 15.0 Å². The van der Waals surface area contributed by atoms with E-state index in [2.05, 4.69) is 25.2 Å². The molecule has 2 N–H and O–H groups in total. The molecule has 1 aliphatic heterocycles. The largest absolute Gasteiger partial charge is 0.379 e. The van der Waals surface area contributed by atoms with Crippen molar-refractivity contribution in [3.8, 4) is 0 Å². The molecule has 0 radical (unpaired) electrons. The summed E-state index contributed by atoms with van der Waals surface area (Å²) in [6.45, 7) is 5.09. The van der Waals surface area contributed by atoms with Gasteiger partial charge in [0.15, 0.2) is 0 Å². The zero-order valence-corrected chi connectivity index (χ0v) is 15.3. The highest BCUT2D eigenvalue weighted by Gasteiger charge is 2.29. The first kappa shape index (κ1) is 17.6. The summed E-state index contributed by atoms with van der Waals surface area (Å²) in [7, 11) is 0. The molecule has 1 aliphatic rings. The Kier molecular flexibility index (Phi) is 5.13. The second kappa shape index (κ2) is 7.85. The summed E-state index contributed by atoms with van der Waals surface area (Å²) in [6, 6.07) is 9.44. The molecule has 1 atom stereocenters. The van der Waals surface area contributed by atoms with E-state index in [1.807, 2.05) is 37.3 Å². The Bertz CT molecular complexity index is 919. The molecule has 0 saturated carbocycles. The number of para-hydroxylation sites is 1. The summed E-state index contributed by atoms with van der Waals surface area (Å²) in [4.78, 5) is 27.2. The standard InChI is InChI=1S/C20H23N5O2/c1-14-4-2-6-16-18(14)24-17(23-16)13-22-20(26)19(15-5-3-7-21-12-15)25-8-10-27-11-9-25/h2-7,12,19H,8-11,13H2,1H3,(H,22,26)(H,23,24). The molecule has 1 saturated heterocycles. The lowest BCUT2D eigenvalue weighted by molar-refractivity contribution is -0.128. The van der Waals surface area contributed by atoms with Gasteiger partial charge in [-0.3, -0.25) is 14.7 Å². The average Bonchev–Trinajstić information content (AvgIpc) is 3.13. The summed E-state index contributed by atoms with van der Waals surface area (Å²) in [6.07, 6.45) is 3.47. The van der Waals surface area contributed by atoms with Crippen LogP contribution in [0.25, 0.3) is 11.0 Å². The van der Waals surface area contributed by atoms with Crippen LogP contribution in [0.4, 0.5) is 0 Å². The summed E-state index contributed by atoms with van der Waals surface area (Å²) in [5.41, 5.74) is 3.93. The molecule has 4 rings (SSSR count). The Labute approximate surface area is 157 Å². The fraction of sp³-hybridized carbons (Fsp3) is 0.350. The quantitative estimate of drug-likeness (QED) is 0.722. The van der Waals surface area contributed by atoms with Crippen LogP contribution >= 0.6 is 0 Å². The Morgan fingerprint density at radius 1 is 1.30 bits per heavy atom. The van der Waals surface area contributed by atoms with E-state index in [-0.39, 0.29) is 11.9 Å². The van der Waals surface area contributed by atoms with E-state index in [1.165, 1.54) is 0 Å². The van der Waals surface area contributed by atoms with Crippen molar-refractivity contribution in [3.63, 3.8) is 0 Å². The van der Waals surface area contributed by atoms with Crippen LogP contribution in [0.1, 0.15) is 23.0 Å². The van der Waals surface area contributed by atoms with Gasteiger partial charge in [0.25, 0.3) is 0 Å². The highest BCUT2D eigenvalue weighted by Crippen LogP contribution is 2.22. The van der Waals surface area contributed by atoms with Crippen LogP contribution in [0, 0.1) is 6.92 Å². The maximum Gasteiger partial charge on any atom is 0.242 e. The van der Waals surface area contributed by atoms with Crippen LogP contribution in [-0.4, -0.2) is 52.1 Å². The van der Waals surface area contributed by atoms with E-state index in [0.717, 1.165) is 41.1 Å². The normalized spacial score (nSPS) is 16.3. The van der Waals surface area contributed by atoms with E-state index in [0.29, 0.717) is 19.8 Å². The smallest absolute Gasteiger partial charge is 0.242 e. The maximum atomic E-state index is 13.0. The fourth-order valence-electron chi connectivity index (χ4n) is 3.48. The Hall–Kier alpha value is -2.77. The zero-order chi connectivity index (χ0) is 18.6. The highest BCUT2D eigenvalue weighted by atomic mass is 16.5. The van der Waals surface area contributed by atoms with Gasteiger partial charge >= 0.3 is 0 Å². The molecule has 0 aliphatic carbocycles. The number of aromatic nitrogens is 3. The molecule has 3 heterocycles. The number of hydrogen-bond donors (Lipinski definition) is 2.